The van der Waals surface area contributed by atoms with E-state index >= 15 is 0 Å². The van der Waals surface area contributed by atoms with Crippen molar-refractivity contribution in [1.82, 2.24) is 10.0 Å². The summed E-state index contributed by atoms with van der Waals surface area (Å²) >= 11 is 0. The summed E-state index contributed by atoms with van der Waals surface area (Å²) < 4.78 is 30.3. The van der Waals surface area contributed by atoms with Crippen molar-refractivity contribution in [1.29, 1.82) is 0 Å². The van der Waals surface area contributed by atoms with Gasteiger partial charge in [-0.25, -0.2) is 13.1 Å². The summed E-state index contributed by atoms with van der Waals surface area (Å²) in [5, 5.41) is 21.3. The Kier molecular flexibility index (Phi) is 5.50. The maximum atomic E-state index is 11.5. The van der Waals surface area contributed by atoms with Gasteiger partial charge in [-0.05, 0) is 25.6 Å². The van der Waals surface area contributed by atoms with Crippen LogP contribution in [0.5, 0.6) is 0 Å². The van der Waals surface area contributed by atoms with Crippen LogP contribution in [0.1, 0.15) is 19.1 Å². The number of sulfonamides is 1. The van der Waals surface area contributed by atoms with E-state index in [2.05, 4.69) is 10.0 Å². The van der Waals surface area contributed by atoms with Gasteiger partial charge < -0.3 is 19.9 Å². The van der Waals surface area contributed by atoms with Crippen LogP contribution in [-0.4, -0.2) is 44.4 Å². The van der Waals surface area contributed by atoms with Crippen LogP contribution in [0, 0.1) is 0 Å². The maximum Gasteiger partial charge on any atom is 0.273 e. The molecule has 0 saturated heterocycles. The van der Waals surface area contributed by atoms with Gasteiger partial charge in [-0.3, -0.25) is 0 Å². The van der Waals surface area contributed by atoms with Crippen LogP contribution >= 0.6 is 0 Å². The van der Waals surface area contributed by atoms with Crippen LogP contribution in [0.4, 0.5) is 0 Å². The third-order valence-corrected chi connectivity index (χ3v) is 4.38. The summed E-state index contributed by atoms with van der Waals surface area (Å²) in [7, 11) is -2.29. The molecule has 1 heterocycles. The molecule has 4 N–H and O–H groups in total. The highest BCUT2D eigenvalue weighted by atomic mass is 32.2. The van der Waals surface area contributed by atoms with E-state index in [4.69, 9.17) is 4.42 Å². The molecular weight excluding hydrogens is 272 g/mol. The van der Waals surface area contributed by atoms with Crippen LogP contribution in [0.25, 0.3) is 0 Å². The zero-order chi connectivity index (χ0) is 14.5. The molecule has 0 bridgehead atoms. The lowest BCUT2D eigenvalue weighted by Gasteiger charge is -2.29. The number of furan rings is 1. The zero-order valence-corrected chi connectivity index (χ0v) is 11.8. The Morgan fingerprint density at radius 2 is 1.95 bits per heavy atom. The predicted molar refractivity (Wildman–Crippen MR) is 69.0 cm³/mol. The molecule has 0 aliphatic heterocycles. The third-order valence-electron chi connectivity index (χ3n) is 3.09. The van der Waals surface area contributed by atoms with Crippen LogP contribution in [0.15, 0.2) is 21.6 Å². The predicted octanol–water partition coefficient (Wildman–Crippen LogP) is -0.589. The van der Waals surface area contributed by atoms with Crippen LogP contribution in [-0.2, 0) is 16.6 Å². The van der Waals surface area contributed by atoms with Gasteiger partial charge in [0.05, 0.1) is 25.3 Å². The molecule has 0 atom stereocenters. The number of nitrogens with one attached hydrogen (secondary N) is 2. The van der Waals surface area contributed by atoms with Gasteiger partial charge in [0.1, 0.15) is 5.76 Å². The fourth-order valence-corrected chi connectivity index (χ4v) is 2.15. The SMILES string of the molecule is CCC(CO)(CO)NCc1ccc(S(=O)(=O)NC)o1. The molecule has 0 aliphatic rings. The van der Waals surface area contributed by atoms with E-state index < -0.39 is 15.6 Å². The average Bonchev–Trinajstić information content (AvgIpc) is 2.91. The van der Waals surface area contributed by atoms with Crippen molar-refractivity contribution >= 4 is 10.0 Å². The minimum Gasteiger partial charge on any atom is -0.447 e. The lowest BCUT2D eigenvalue weighted by molar-refractivity contribution is 0.0845. The monoisotopic (exact) mass is 292 g/mol. The van der Waals surface area contributed by atoms with Gasteiger partial charge in [-0.15, -0.1) is 0 Å². The molecule has 0 aliphatic carbocycles. The summed E-state index contributed by atoms with van der Waals surface area (Å²) in [6.07, 6.45) is 0.530. The van der Waals surface area contributed by atoms with Crippen LogP contribution < -0.4 is 10.0 Å². The lowest BCUT2D eigenvalue weighted by atomic mass is 9.98. The van der Waals surface area contributed by atoms with Crippen molar-refractivity contribution in [3.8, 4) is 0 Å². The van der Waals surface area contributed by atoms with E-state index in [1.54, 1.807) is 0 Å². The first-order valence-electron chi connectivity index (χ1n) is 5.92. The molecule has 0 saturated carbocycles. The van der Waals surface area contributed by atoms with Crippen molar-refractivity contribution in [3.05, 3.63) is 17.9 Å². The highest BCUT2D eigenvalue weighted by Crippen LogP contribution is 2.15. The first-order valence-corrected chi connectivity index (χ1v) is 7.40. The van der Waals surface area contributed by atoms with Gasteiger partial charge >= 0.3 is 0 Å². The van der Waals surface area contributed by atoms with Crippen molar-refractivity contribution in [3.63, 3.8) is 0 Å². The maximum absolute atomic E-state index is 11.5. The third kappa shape index (κ3) is 3.77. The van der Waals surface area contributed by atoms with E-state index in [1.165, 1.54) is 19.2 Å². The van der Waals surface area contributed by atoms with Crippen LogP contribution in [0.2, 0.25) is 0 Å². The van der Waals surface area contributed by atoms with Crippen molar-refractivity contribution in [2.75, 3.05) is 20.3 Å². The number of hydrogen-bond acceptors (Lipinski definition) is 6. The Labute approximate surface area is 112 Å². The Morgan fingerprint density at radius 3 is 2.42 bits per heavy atom. The van der Waals surface area contributed by atoms with Gasteiger partial charge in [0.15, 0.2) is 0 Å². The quantitative estimate of drug-likeness (QED) is 0.509. The van der Waals surface area contributed by atoms with Crippen molar-refractivity contribution in [2.45, 2.75) is 30.5 Å². The topological polar surface area (TPSA) is 112 Å². The smallest absolute Gasteiger partial charge is 0.273 e. The van der Waals surface area contributed by atoms with E-state index in [0.717, 1.165) is 0 Å². The molecular formula is C11H20N2O5S. The first kappa shape index (κ1) is 16.1. The second-order valence-corrected chi connectivity index (χ2v) is 6.05. The minimum absolute atomic E-state index is 0.165. The number of hydrogen-bond donors (Lipinski definition) is 4. The van der Waals surface area contributed by atoms with E-state index in [0.29, 0.717) is 12.2 Å². The molecule has 0 fully saturated rings. The number of aliphatic hydroxyl groups is 2. The van der Waals surface area contributed by atoms with Gasteiger partial charge in [-0.1, -0.05) is 6.92 Å². The average molecular weight is 292 g/mol. The van der Waals surface area contributed by atoms with Gasteiger partial charge in [0.25, 0.3) is 10.0 Å². The van der Waals surface area contributed by atoms with E-state index in [1.807, 2.05) is 6.92 Å². The van der Waals surface area contributed by atoms with Gasteiger partial charge in [0, 0.05) is 0 Å². The molecule has 0 amide bonds. The Morgan fingerprint density at radius 1 is 1.32 bits per heavy atom. The minimum atomic E-state index is -3.59. The van der Waals surface area contributed by atoms with Crippen molar-refractivity contribution in [2.24, 2.45) is 0 Å². The second-order valence-electron chi connectivity index (χ2n) is 4.23. The molecule has 1 rings (SSSR count). The lowest BCUT2D eigenvalue weighted by Crippen LogP contribution is -2.50. The van der Waals surface area contributed by atoms with E-state index in [-0.39, 0.29) is 24.9 Å². The largest absolute Gasteiger partial charge is 0.447 e. The first-order chi connectivity index (χ1) is 8.93. The summed E-state index contributed by atoms with van der Waals surface area (Å²) in [6, 6.07) is 2.89. The highest BCUT2D eigenvalue weighted by Gasteiger charge is 2.26. The molecule has 19 heavy (non-hydrogen) atoms. The molecule has 110 valence electrons. The number of rotatable bonds is 8. The summed E-state index contributed by atoms with van der Waals surface area (Å²) in [5.74, 6) is 0.411. The molecule has 7 nitrogen and oxygen atoms in total. The summed E-state index contributed by atoms with van der Waals surface area (Å²) in [5.41, 5.74) is -0.797. The highest BCUT2D eigenvalue weighted by molar-refractivity contribution is 7.89. The second kappa shape index (κ2) is 6.49. The normalized spacial score (nSPS) is 12.8. The fourth-order valence-electron chi connectivity index (χ4n) is 1.48. The molecule has 1 aromatic rings. The number of aliphatic hydroxyl groups excluding tert-OH is 2. The zero-order valence-electron chi connectivity index (χ0n) is 11.0. The van der Waals surface area contributed by atoms with Gasteiger partial charge in [-0.2, -0.15) is 0 Å². The Hall–Kier alpha value is -0.930. The Bertz CT molecular complexity index is 485. The molecule has 0 unspecified atom stereocenters. The summed E-state index contributed by atoms with van der Waals surface area (Å²) in [6.45, 7) is 1.61. The molecule has 0 radical (unpaired) electrons. The van der Waals surface area contributed by atoms with Gasteiger partial charge in [0.2, 0.25) is 5.09 Å². The molecule has 8 heteroatoms. The van der Waals surface area contributed by atoms with E-state index in [9.17, 15) is 18.6 Å². The molecule has 0 aromatic carbocycles. The standard InChI is InChI=1S/C11H20N2O5S/c1-3-11(7-14,8-15)13-6-9-4-5-10(18-9)19(16,17)12-2/h4-5,12-15H,3,6-8H2,1-2H3. The van der Waals surface area contributed by atoms with Crippen LogP contribution in [0.3, 0.4) is 0 Å². The molecule has 1 aromatic heterocycles. The fraction of sp³-hybridized carbons (Fsp3) is 0.636. The summed E-state index contributed by atoms with van der Waals surface area (Å²) in [4.78, 5) is 0. The molecule has 0 spiro atoms. The Balaban J connectivity index is 2.75. The van der Waals surface area contributed by atoms with Crippen molar-refractivity contribution < 1.29 is 23.0 Å².